The lowest BCUT2D eigenvalue weighted by atomic mass is 10.0. The van der Waals surface area contributed by atoms with E-state index in [-0.39, 0.29) is 6.61 Å². The van der Waals surface area contributed by atoms with Gasteiger partial charge in [-0.15, -0.1) is 0 Å². The Morgan fingerprint density at radius 2 is 1.75 bits per heavy atom. The van der Waals surface area contributed by atoms with Crippen LogP contribution in [0.4, 0.5) is 0 Å². The zero-order chi connectivity index (χ0) is 14.2. The number of piperidine rings is 1. The highest BCUT2D eigenvalue weighted by molar-refractivity contribution is 4.80. The van der Waals surface area contributed by atoms with Crippen LogP contribution in [0.25, 0.3) is 0 Å². The van der Waals surface area contributed by atoms with Crippen LogP contribution in [-0.2, 0) is 4.74 Å². The van der Waals surface area contributed by atoms with Crippen molar-refractivity contribution < 1.29 is 9.84 Å². The molecule has 0 aromatic carbocycles. The number of piperazine rings is 1. The summed E-state index contributed by atoms with van der Waals surface area (Å²) in [5, 5.41) is 8.67. The fourth-order valence-corrected chi connectivity index (χ4v) is 3.23. The summed E-state index contributed by atoms with van der Waals surface area (Å²) >= 11 is 0. The second-order valence-corrected chi connectivity index (χ2v) is 6.11. The Morgan fingerprint density at radius 3 is 2.45 bits per heavy atom. The van der Waals surface area contributed by atoms with E-state index in [0.717, 1.165) is 32.3 Å². The zero-order valence-corrected chi connectivity index (χ0v) is 13.0. The van der Waals surface area contributed by atoms with E-state index in [9.17, 15) is 0 Å². The van der Waals surface area contributed by atoms with Gasteiger partial charge in [-0.05, 0) is 26.4 Å². The average molecular weight is 285 g/mol. The number of nitrogens with zero attached hydrogens (tertiary/aromatic N) is 3. The summed E-state index contributed by atoms with van der Waals surface area (Å²) in [5.74, 6) is 0. The number of aliphatic hydroxyl groups excluding tert-OH is 1. The monoisotopic (exact) mass is 285 g/mol. The Morgan fingerprint density at radius 1 is 1.00 bits per heavy atom. The highest BCUT2D eigenvalue weighted by Crippen LogP contribution is 2.16. The standard InChI is InChI=1S/C15H31N3O2/c1-16-5-3-2-4-15(16)14-18-8-6-17(7-9-18)10-12-20-13-11-19/h15,19H,2-14H2,1H3. The second-order valence-electron chi connectivity index (χ2n) is 6.11. The minimum absolute atomic E-state index is 0.128. The van der Waals surface area contributed by atoms with Crippen molar-refractivity contribution >= 4 is 0 Å². The molecule has 0 saturated carbocycles. The van der Waals surface area contributed by atoms with E-state index in [4.69, 9.17) is 9.84 Å². The molecule has 0 aromatic rings. The van der Waals surface area contributed by atoms with Crippen molar-refractivity contribution in [3.8, 4) is 0 Å². The minimum Gasteiger partial charge on any atom is -0.394 e. The number of hydrogen-bond donors (Lipinski definition) is 1. The fraction of sp³-hybridized carbons (Fsp3) is 1.00. The van der Waals surface area contributed by atoms with Gasteiger partial charge < -0.3 is 14.7 Å². The summed E-state index contributed by atoms with van der Waals surface area (Å²) < 4.78 is 5.34. The van der Waals surface area contributed by atoms with Gasteiger partial charge in [0.25, 0.3) is 0 Å². The number of hydrogen-bond acceptors (Lipinski definition) is 5. The Bertz CT molecular complexity index is 258. The van der Waals surface area contributed by atoms with E-state index < -0.39 is 0 Å². The van der Waals surface area contributed by atoms with Gasteiger partial charge in [-0.2, -0.15) is 0 Å². The first-order valence-electron chi connectivity index (χ1n) is 8.13. The smallest absolute Gasteiger partial charge is 0.0698 e. The molecule has 0 aliphatic carbocycles. The molecule has 2 saturated heterocycles. The normalized spacial score (nSPS) is 27.0. The number of ether oxygens (including phenoxy) is 1. The molecule has 118 valence electrons. The van der Waals surface area contributed by atoms with Gasteiger partial charge in [0, 0.05) is 45.3 Å². The van der Waals surface area contributed by atoms with Crippen LogP contribution in [-0.4, -0.2) is 98.5 Å². The molecule has 20 heavy (non-hydrogen) atoms. The third-order valence-electron chi connectivity index (χ3n) is 4.64. The van der Waals surface area contributed by atoms with Gasteiger partial charge in [0.05, 0.1) is 19.8 Å². The molecule has 2 aliphatic heterocycles. The number of likely N-dealkylation sites (tertiary alicyclic amines) is 1. The van der Waals surface area contributed by atoms with Gasteiger partial charge in [-0.25, -0.2) is 0 Å². The Hall–Kier alpha value is -0.200. The molecule has 0 spiro atoms. The molecule has 0 amide bonds. The maximum atomic E-state index is 8.67. The van der Waals surface area contributed by atoms with Crippen LogP contribution in [0.15, 0.2) is 0 Å². The van der Waals surface area contributed by atoms with E-state index in [1.54, 1.807) is 0 Å². The third kappa shape index (κ3) is 5.30. The van der Waals surface area contributed by atoms with E-state index in [1.165, 1.54) is 45.4 Å². The van der Waals surface area contributed by atoms with E-state index in [2.05, 4.69) is 21.7 Å². The molecule has 5 nitrogen and oxygen atoms in total. The zero-order valence-electron chi connectivity index (χ0n) is 13.0. The van der Waals surface area contributed by atoms with Crippen LogP contribution in [0, 0.1) is 0 Å². The van der Waals surface area contributed by atoms with Crippen LogP contribution < -0.4 is 0 Å². The Labute approximate surface area is 123 Å². The van der Waals surface area contributed by atoms with Crippen molar-refractivity contribution in [2.45, 2.75) is 25.3 Å². The van der Waals surface area contributed by atoms with Crippen molar-refractivity contribution in [2.75, 3.05) is 72.7 Å². The van der Waals surface area contributed by atoms with Crippen LogP contribution >= 0.6 is 0 Å². The SMILES string of the molecule is CN1CCCCC1CN1CCN(CCOCCO)CC1. The molecule has 0 aromatic heterocycles. The molecule has 0 bridgehead atoms. The molecule has 0 radical (unpaired) electrons. The number of aliphatic hydroxyl groups is 1. The maximum Gasteiger partial charge on any atom is 0.0698 e. The van der Waals surface area contributed by atoms with E-state index >= 15 is 0 Å². The predicted octanol–water partition coefficient (Wildman–Crippen LogP) is 0.0972. The lowest BCUT2D eigenvalue weighted by Gasteiger charge is -2.40. The van der Waals surface area contributed by atoms with E-state index in [0.29, 0.717) is 6.61 Å². The fourth-order valence-electron chi connectivity index (χ4n) is 3.23. The van der Waals surface area contributed by atoms with Crippen molar-refractivity contribution in [3.63, 3.8) is 0 Å². The number of likely N-dealkylation sites (N-methyl/N-ethyl adjacent to an activating group) is 1. The lowest BCUT2D eigenvalue weighted by Crippen LogP contribution is -2.52. The molecule has 1 atom stereocenters. The molecule has 1 N–H and O–H groups in total. The summed E-state index contributed by atoms with van der Waals surface area (Å²) in [7, 11) is 2.28. The van der Waals surface area contributed by atoms with Crippen molar-refractivity contribution in [3.05, 3.63) is 0 Å². The lowest BCUT2D eigenvalue weighted by molar-refractivity contribution is 0.0486. The molecule has 1 unspecified atom stereocenters. The molecule has 2 heterocycles. The quantitative estimate of drug-likeness (QED) is 0.672. The first-order chi connectivity index (χ1) is 9.79. The molecule has 2 aliphatic rings. The van der Waals surface area contributed by atoms with Gasteiger partial charge in [-0.3, -0.25) is 9.80 Å². The highest BCUT2D eigenvalue weighted by atomic mass is 16.5. The van der Waals surface area contributed by atoms with Crippen molar-refractivity contribution in [2.24, 2.45) is 0 Å². The average Bonchev–Trinajstić information content (AvgIpc) is 2.48. The predicted molar refractivity (Wildman–Crippen MR) is 81.1 cm³/mol. The first-order valence-corrected chi connectivity index (χ1v) is 8.13. The summed E-state index contributed by atoms with van der Waals surface area (Å²) in [6.45, 7) is 9.52. The van der Waals surface area contributed by atoms with Crippen LogP contribution in [0.2, 0.25) is 0 Å². The van der Waals surface area contributed by atoms with E-state index in [1.807, 2.05) is 0 Å². The molecule has 2 rings (SSSR count). The van der Waals surface area contributed by atoms with Crippen molar-refractivity contribution in [1.29, 1.82) is 0 Å². The van der Waals surface area contributed by atoms with Gasteiger partial charge in [0.15, 0.2) is 0 Å². The summed E-state index contributed by atoms with van der Waals surface area (Å²) in [5.41, 5.74) is 0. The highest BCUT2D eigenvalue weighted by Gasteiger charge is 2.23. The van der Waals surface area contributed by atoms with Crippen LogP contribution in [0.5, 0.6) is 0 Å². The largest absolute Gasteiger partial charge is 0.394 e. The van der Waals surface area contributed by atoms with Gasteiger partial charge >= 0.3 is 0 Å². The number of rotatable bonds is 7. The maximum absolute atomic E-state index is 8.67. The van der Waals surface area contributed by atoms with Crippen molar-refractivity contribution in [1.82, 2.24) is 14.7 Å². The third-order valence-corrected chi connectivity index (χ3v) is 4.64. The van der Waals surface area contributed by atoms with Crippen LogP contribution in [0.1, 0.15) is 19.3 Å². The van der Waals surface area contributed by atoms with Crippen LogP contribution in [0.3, 0.4) is 0 Å². The van der Waals surface area contributed by atoms with Gasteiger partial charge in [-0.1, -0.05) is 6.42 Å². The molecular weight excluding hydrogens is 254 g/mol. The molecule has 5 heteroatoms. The summed E-state index contributed by atoms with van der Waals surface area (Å²) in [4.78, 5) is 7.63. The van der Waals surface area contributed by atoms with Gasteiger partial charge in [0.2, 0.25) is 0 Å². The summed E-state index contributed by atoms with van der Waals surface area (Å²) in [6, 6.07) is 0.767. The topological polar surface area (TPSA) is 39.2 Å². The van der Waals surface area contributed by atoms with Gasteiger partial charge in [0.1, 0.15) is 0 Å². The minimum atomic E-state index is 0.128. The second kappa shape index (κ2) is 8.95. The molecule has 2 fully saturated rings. The molecular formula is C15H31N3O2. The first kappa shape index (κ1) is 16.2. The Balaban J connectivity index is 1.59. The Kier molecular flexibility index (Phi) is 7.24. The summed E-state index contributed by atoms with van der Waals surface area (Å²) in [6.07, 6.45) is 4.14.